The summed E-state index contributed by atoms with van der Waals surface area (Å²) in [4.78, 5) is 2.16. The predicted octanol–water partition coefficient (Wildman–Crippen LogP) is 0.131. The number of piperidine rings is 1. The van der Waals surface area contributed by atoms with Crippen molar-refractivity contribution >= 4 is 0 Å². The maximum Gasteiger partial charge on any atom is 0.139 e. The topological polar surface area (TPSA) is 29.3 Å². The molecule has 2 heterocycles. The fourth-order valence-electron chi connectivity index (χ4n) is 1.95. The fourth-order valence-corrected chi connectivity index (χ4v) is 1.95. The van der Waals surface area contributed by atoms with E-state index in [-0.39, 0.29) is 6.04 Å². The molecule has 3 atom stereocenters. The Morgan fingerprint density at radius 1 is 1.50 bits per heavy atom. The van der Waals surface area contributed by atoms with E-state index in [0.29, 0.717) is 13.0 Å². The van der Waals surface area contributed by atoms with Crippen molar-refractivity contribution in [1.82, 2.24) is 4.90 Å². The molecular formula is C7H13FN2. The zero-order valence-corrected chi connectivity index (χ0v) is 6.02. The summed E-state index contributed by atoms with van der Waals surface area (Å²) in [5.41, 5.74) is 4.61. The van der Waals surface area contributed by atoms with E-state index in [2.05, 4.69) is 4.90 Å². The Balaban J connectivity index is 2.17. The Labute approximate surface area is 60.2 Å². The van der Waals surface area contributed by atoms with Gasteiger partial charge in [-0.15, -0.1) is 0 Å². The second kappa shape index (κ2) is 1.92. The molecule has 2 bridgehead atoms. The molecule has 0 spiro atoms. The SMILES string of the molecule is NC1CCN2CCC1(F)C2. The van der Waals surface area contributed by atoms with E-state index in [1.807, 2.05) is 0 Å². The first-order chi connectivity index (χ1) is 4.71. The van der Waals surface area contributed by atoms with Gasteiger partial charge in [-0.05, 0) is 19.4 Å². The lowest BCUT2D eigenvalue weighted by atomic mass is 9.92. The van der Waals surface area contributed by atoms with E-state index >= 15 is 0 Å². The standard InChI is InChI=1S/C7H13FN2/c8-7-2-4-10(5-7)3-1-6(7)9/h6H,1-5,9H2. The molecule has 0 aromatic heterocycles. The van der Waals surface area contributed by atoms with E-state index in [1.54, 1.807) is 0 Å². The van der Waals surface area contributed by atoms with Crippen molar-refractivity contribution in [3.05, 3.63) is 0 Å². The molecule has 0 aromatic carbocycles. The minimum atomic E-state index is -1.04. The van der Waals surface area contributed by atoms with Crippen molar-refractivity contribution in [3.63, 3.8) is 0 Å². The Morgan fingerprint density at radius 3 is 3.00 bits per heavy atom. The number of alkyl halides is 1. The molecule has 2 aliphatic heterocycles. The lowest BCUT2D eigenvalue weighted by Gasteiger charge is -2.32. The minimum absolute atomic E-state index is 0.203. The Kier molecular flexibility index (Phi) is 1.26. The summed E-state index contributed by atoms with van der Waals surface area (Å²) >= 11 is 0. The van der Waals surface area contributed by atoms with Gasteiger partial charge >= 0.3 is 0 Å². The average molecular weight is 144 g/mol. The molecule has 0 aromatic rings. The molecule has 2 saturated heterocycles. The van der Waals surface area contributed by atoms with Gasteiger partial charge in [0.25, 0.3) is 0 Å². The third-order valence-corrected chi connectivity index (χ3v) is 2.75. The van der Waals surface area contributed by atoms with Crippen LogP contribution in [0.1, 0.15) is 12.8 Å². The molecule has 0 amide bonds. The lowest BCUT2D eigenvalue weighted by Crippen LogP contribution is -2.51. The largest absolute Gasteiger partial charge is 0.325 e. The summed E-state index contributed by atoms with van der Waals surface area (Å²) in [7, 11) is 0. The van der Waals surface area contributed by atoms with Crippen LogP contribution < -0.4 is 5.73 Å². The summed E-state index contributed by atoms with van der Waals surface area (Å²) in [5.74, 6) is 0. The van der Waals surface area contributed by atoms with Crippen molar-refractivity contribution in [1.29, 1.82) is 0 Å². The molecule has 3 unspecified atom stereocenters. The number of halogens is 1. The van der Waals surface area contributed by atoms with Crippen molar-refractivity contribution in [2.75, 3.05) is 19.6 Å². The van der Waals surface area contributed by atoms with Crippen LogP contribution in [0.4, 0.5) is 4.39 Å². The highest BCUT2D eigenvalue weighted by Crippen LogP contribution is 2.33. The molecule has 0 radical (unpaired) electrons. The molecule has 0 aliphatic carbocycles. The van der Waals surface area contributed by atoms with Gasteiger partial charge in [-0.3, -0.25) is 4.90 Å². The molecule has 2 nitrogen and oxygen atoms in total. The van der Waals surface area contributed by atoms with E-state index < -0.39 is 5.67 Å². The van der Waals surface area contributed by atoms with Crippen LogP contribution in [0.5, 0.6) is 0 Å². The quantitative estimate of drug-likeness (QED) is 0.523. The van der Waals surface area contributed by atoms with Crippen molar-refractivity contribution in [3.8, 4) is 0 Å². The van der Waals surface area contributed by atoms with E-state index in [4.69, 9.17) is 5.73 Å². The Hall–Kier alpha value is -0.150. The van der Waals surface area contributed by atoms with Gasteiger partial charge in [0.05, 0.1) is 0 Å². The van der Waals surface area contributed by atoms with Crippen molar-refractivity contribution < 1.29 is 4.39 Å². The first-order valence-corrected chi connectivity index (χ1v) is 3.88. The maximum atomic E-state index is 13.6. The van der Waals surface area contributed by atoms with Crippen LogP contribution in [0.25, 0.3) is 0 Å². The van der Waals surface area contributed by atoms with Crippen molar-refractivity contribution in [2.45, 2.75) is 24.6 Å². The highest BCUT2D eigenvalue weighted by atomic mass is 19.1. The van der Waals surface area contributed by atoms with E-state index in [0.717, 1.165) is 19.5 Å². The van der Waals surface area contributed by atoms with Crippen LogP contribution in [0, 0.1) is 0 Å². The third-order valence-electron chi connectivity index (χ3n) is 2.75. The molecule has 2 rings (SSSR count). The van der Waals surface area contributed by atoms with Crippen LogP contribution in [-0.4, -0.2) is 36.2 Å². The van der Waals surface area contributed by atoms with Crippen molar-refractivity contribution in [2.24, 2.45) is 5.73 Å². The second-order valence-electron chi connectivity index (χ2n) is 3.46. The van der Waals surface area contributed by atoms with Gasteiger partial charge in [-0.2, -0.15) is 0 Å². The molecule has 58 valence electrons. The third kappa shape index (κ3) is 0.772. The molecule has 0 saturated carbocycles. The van der Waals surface area contributed by atoms with Gasteiger partial charge in [0.15, 0.2) is 0 Å². The van der Waals surface area contributed by atoms with E-state index in [1.165, 1.54) is 0 Å². The molecule has 10 heavy (non-hydrogen) atoms. The number of hydrogen-bond acceptors (Lipinski definition) is 2. The highest BCUT2D eigenvalue weighted by Gasteiger charge is 2.46. The normalized spacial score (nSPS) is 53.4. The fraction of sp³-hybridized carbons (Fsp3) is 1.00. The van der Waals surface area contributed by atoms with Gasteiger partial charge in [0.2, 0.25) is 0 Å². The summed E-state index contributed by atoms with van der Waals surface area (Å²) in [6, 6.07) is -0.203. The van der Waals surface area contributed by atoms with Crippen LogP contribution in [0.15, 0.2) is 0 Å². The summed E-state index contributed by atoms with van der Waals surface area (Å²) < 4.78 is 13.6. The lowest BCUT2D eigenvalue weighted by molar-refractivity contribution is 0.0929. The maximum absolute atomic E-state index is 13.6. The van der Waals surface area contributed by atoms with Crippen LogP contribution in [-0.2, 0) is 0 Å². The molecule has 2 aliphatic rings. The minimum Gasteiger partial charge on any atom is -0.325 e. The average Bonchev–Trinajstić information content (AvgIpc) is 2.22. The molecule has 3 heteroatoms. The van der Waals surface area contributed by atoms with E-state index in [9.17, 15) is 4.39 Å². The number of nitrogens with zero attached hydrogens (tertiary/aromatic N) is 1. The van der Waals surface area contributed by atoms with Gasteiger partial charge in [-0.25, -0.2) is 4.39 Å². The number of hydrogen-bond donors (Lipinski definition) is 1. The summed E-state index contributed by atoms with van der Waals surface area (Å²) in [6.45, 7) is 2.48. The number of nitrogens with two attached hydrogens (primary N) is 1. The first-order valence-electron chi connectivity index (χ1n) is 3.88. The highest BCUT2D eigenvalue weighted by molar-refractivity contribution is 5.02. The Bertz CT molecular complexity index is 149. The molecular weight excluding hydrogens is 131 g/mol. The second-order valence-corrected chi connectivity index (χ2v) is 3.46. The first kappa shape index (κ1) is 6.55. The number of rotatable bonds is 0. The summed E-state index contributed by atoms with van der Waals surface area (Å²) in [6.07, 6.45) is 1.48. The monoisotopic (exact) mass is 144 g/mol. The van der Waals surface area contributed by atoms with Gasteiger partial charge in [0, 0.05) is 19.1 Å². The zero-order chi connectivity index (χ0) is 7.19. The molecule has 2 N–H and O–H groups in total. The molecule has 2 fully saturated rings. The van der Waals surface area contributed by atoms with Gasteiger partial charge in [0.1, 0.15) is 5.67 Å². The van der Waals surface area contributed by atoms with Crippen LogP contribution in [0.3, 0.4) is 0 Å². The smallest absolute Gasteiger partial charge is 0.139 e. The summed E-state index contributed by atoms with van der Waals surface area (Å²) in [5, 5.41) is 0. The van der Waals surface area contributed by atoms with Crippen LogP contribution >= 0.6 is 0 Å². The van der Waals surface area contributed by atoms with Gasteiger partial charge in [-0.1, -0.05) is 0 Å². The zero-order valence-electron chi connectivity index (χ0n) is 6.02. The Morgan fingerprint density at radius 2 is 2.30 bits per heavy atom. The van der Waals surface area contributed by atoms with Gasteiger partial charge < -0.3 is 5.73 Å². The van der Waals surface area contributed by atoms with Crippen LogP contribution in [0.2, 0.25) is 0 Å². The number of fused-ring (bicyclic) bond motifs is 2. The predicted molar refractivity (Wildman–Crippen MR) is 37.5 cm³/mol.